The molecule has 0 spiro atoms. The van der Waals surface area contributed by atoms with Gasteiger partial charge in [-0.3, -0.25) is 15.0 Å². The third kappa shape index (κ3) is 4.23. The van der Waals surface area contributed by atoms with Crippen molar-refractivity contribution in [3.63, 3.8) is 0 Å². The van der Waals surface area contributed by atoms with E-state index in [0.717, 1.165) is 22.1 Å². The maximum absolute atomic E-state index is 12.0. The van der Waals surface area contributed by atoms with Crippen molar-refractivity contribution in [2.45, 2.75) is 19.5 Å². The first-order chi connectivity index (χ1) is 11.4. The number of likely N-dealkylation sites (N-methyl/N-ethyl adjacent to an activating group) is 1. The molecule has 0 fully saturated rings. The summed E-state index contributed by atoms with van der Waals surface area (Å²) < 4.78 is 5.23. The Balaban J connectivity index is 2.08. The fraction of sp³-hybridized carbons (Fsp3) is 0.333. The Labute approximate surface area is 141 Å². The van der Waals surface area contributed by atoms with Gasteiger partial charge in [-0.05, 0) is 48.5 Å². The van der Waals surface area contributed by atoms with Gasteiger partial charge < -0.3 is 10.1 Å². The summed E-state index contributed by atoms with van der Waals surface area (Å²) in [5, 5.41) is 6.88. The topological polar surface area (TPSA) is 70.7 Å². The van der Waals surface area contributed by atoms with Gasteiger partial charge in [-0.15, -0.1) is 0 Å². The minimum atomic E-state index is -0.500. The number of carbonyl (C=O) groups is 2. The number of nitrogens with zero attached hydrogens (tertiary/aromatic N) is 1. The van der Waals surface area contributed by atoms with E-state index in [9.17, 15) is 9.59 Å². The molecule has 6 heteroatoms. The monoisotopic (exact) mass is 329 g/mol. The van der Waals surface area contributed by atoms with Crippen LogP contribution in [0.4, 0.5) is 4.79 Å². The van der Waals surface area contributed by atoms with Crippen molar-refractivity contribution in [3.05, 3.63) is 42.0 Å². The molecular formula is C18H23N3O3. The van der Waals surface area contributed by atoms with Crippen LogP contribution in [0.2, 0.25) is 0 Å². The van der Waals surface area contributed by atoms with Gasteiger partial charge >= 0.3 is 6.03 Å². The van der Waals surface area contributed by atoms with E-state index in [2.05, 4.69) is 16.7 Å². The molecule has 1 unspecified atom stereocenters. The first-order valence-corrected chi connectivity index (χ1v) is 7.74. The molecule has 2 N–H and O–H groups in total. The lowest BCUT2D eigenvalue weighted by Gasteiger charge is -2.23. The largest absolute Gasteiger partial charge is 0.497 e. The molecule has 0 saturated heterocycles. The summed E-state index contributed by atoms with van der Waals surface area (Å²) in [6.07, 6.45) is 0. The molecule has 2 aromatic rings. The number of methoxy groups -OCH3 is 1. The highest BCUT2D eigenvalue weighted by atomic mass is 16.5. The summed E-state index contributed by atoms with van der Waals surface area (Å²) in [6.45, 7) is 2.37. The van der Waals surface area contributed by atoms with E-state index < -0.39 is 12.1 Å². The van der Waals surface area contributed by atoms with Gasteiger partial charge in [-0.1, -0.05) is 18.2 Å². The number of urea groups is 1. The van der Waals surface area contributed by atoms with Gasteiger partial charge in [0.25, 0.3) is 0 Å². The highest BCUT2D eigenvalue weighted by molar-refractivity contribution is 5.96. The maximum atomic E-state index is 12.0. The normalized spacial score (nSPS) is 12.0. The van der Waals surface area contributed by atoms with E-state index in [0.29, 0.717) is 6.54 Å². The molecule has 3 amide bonds. The van der Waals surface area contributed by atoms with Crippen LogP contribution in [0.1, 0.15) is 12.5 Å². The summed E-state index contributed by atoms with van der Waals surface area (Å²) in [4.78, 5) is 25.1. The minimum Gasteiger partial charge on any atom is -0.497 e. The second-order valence-corrected chi connectivity index (χ2v) is 5.71. The van der Waals surface area contributed by atoms with Gasteiger partial charge in [0.15, 0.2) is 0 Å². The van der Waals surface area contributed by atoms with Gasteiger partial charge in [0.1, 0.15) is 5.75 Å². The Morgan fingerprint density at radius 1 is 1.17 bits per heavy atom. The van der Waals surface area contributed by atoms with Crippen LogP contribution in [0.3, 0.4) is 0 Å². The van der Waals surface area contributed by atoms with Gasteiger partial charge in [0, 0.05) is 13.6 Å². The number of ether oxygens (including phenoxy) is 1. The molecular weight excluding hydrogens is 306 g/mol. The number of carbonyl (C=O) groups excluding carboxylic acids is 2. The zero-order valence-electron chi connectivity index (χ0n) is 14.4. The summed E-state index contributed by atoms with van der Waals surface area (Å²) >= 11 is 0. The van der Waals surface area contributed by atoms with E-state index in [-0.39, 0.29) is 5.91 Å². The zero-order chi connectivity index (χ0) is 17.7. The van der Waals surface area contributed by atoms with Crippen LogP contribution < -0.4 is 15.4 Å². The summed E-state index contributed by atoms with van der Waals surface area (Å²) in [5.74, 6) is 0.495. The number of hydrogen-bond donors (Lipinski definition) is 2. The highest BCUT2D eigenvalue weighted by Gasteiger charge is 2.19. The Bertz CT molecular complexity index is 745. The lowest BCUT2D eigenvalue weighted by atomic mass is 10.1. The number of rotatable bonds is 5. The minimum absolute atomic E-state index is 0.331. The van der Waals surface area contributed by atoms with E-state index in [1.165, 1.54) is 7.05 Å². The predicted molar refractivity (Wildman–Crippen MR) is 94.0 cm³/mol. The third-order valence-corrected chi connectivity index (χ3v) is 4.05. The second kappa shape index (κ2) is 7.79. The van der Waals surface area contributed by atoms with E-state index in [1.807, 2.05) is 42.3 Å². The zero-order valence-corrected chi connectivity index (χ0v) is 14.4. The molecule has 0 saturated carbocycles. The van der Waals surface area contributed by atoms with Crippen LogP contribution in [-0.4, -0.2) is 44.1 Å². The molecule has 0 aromatic heterocycles. The number of hydrogen-bond acceptors (Lipinski definition) is 4. The SMILES string of the molecule is CNC(=O)NC(=O)C(C)N(C)Cc1ccc2cc(OC)ccc2c1. The first kappa shape index (κ1) is 17.7. The first-order valence-electron chi connectivity index (χ1n) is 7.74. The average Bonchev–Trinajstić information content (AvgIpc) is 2.60. The third-order valence-electron chi connectivity index (χ3n) is 4.05. The van der Waals surface area contributed by atoms with Crippen LogP contribution in [0.5, 0.6) is 5.75 Å². The second-order valence-electron chi connectivity index (χ2n) is 5.71. The fourth-order valence-corrected chi connectivity index (χ4v) is 2.40. The standard InChI is InChI=1S/C18H23N3O3/c1-12(17(22)20-18(23)19-2)21(3)11-13-5-6-15-10-16(24-4)8-7-14(15)9-13/h5-10,12H,11H2,1-4H3,(H2,19,20,22,23). The average molecular weight is 329 g/mol. The van der Waals surface area contributed by atoms with Crippen LogP contribution in [0.25, 0.3) is 10.8 Å². The highest BCUT2D eigenvalue weighted by Crippen LogP contribution is 2.22. The molecule has 1 atom stereocenters. The Hall–Kier alpha value is -2.60. The predicted octanol–water partition coefficient (Wildman–Crippen LogP) is 2.12. The summed E-state index contributed by atoms with van der Waals surface area (Å²) in [5.41, 5.74) is 1.09. The number of imide groups is 1. The van der Waals surface area contributed by atoms with Crippen molar-refractivity contribution in [2.75, 3.05) is 21.2 Å². The number of benzene rings is 2. The molecule has 2 rings (SSSR count). The number of amides is 3. The Morgan fingerprint density at radius 3 is 2.50 bits per heavy atom. The van der Waals surface area contributed by atoms with Gasteiger partial charge in [0.2, 0.25) is 5.91 Å². The molecule has 0 aliphatic heterocycles. The van der Waals surface area contributed by atoms with Crippen LogP contribution >= 0.6 is 0 Å². The number of fused-ring (bicyclic) bond motifs is 1. The summed E-state index contributed by atoms with van der Waals surface area (Å²) in [6, 6.07) is 11.2. The van der Waals surface area contributed by atoms with Crippen molar-refractivity contribution in [2.24, 2.45) is 0 Å². The van der Waals surface area contributed by atoms with Crippen LogP contribution in [0, 0.1) is 0 Å². The number of nitrogens with one attached hydrogen (secondary N) is 2. The van der Waals surface area contributed by atoms with Crippen molar-refractivity contribution in [1.82, 2.24) is 15.5 Å². The summed E-state index contributed by atoms with van der Waals surface area (Å²) in [7, 11) is 4.98. The molecule has 128 valence electrons. The van der Waals surface area contributed by atoms with Crippen molar-refractivity contribution >= 4 is 22.7 Å². The fourth-order valence-electron chi connectivity index (χ4n) is 2.40. The molecule has 0 aliphatic rings. The van der Waals surface area contributed by atoms with Crippen LogP contribution in [-0.2, 0) is 11.3 Å². The lowest BCUT2D eigenvalue weighted by Crippen LogP contribution is -2.47. The Kier molecular flexibility index (Phi) is 5.76. The van der Waals surface area contributed by atoms with E-state index in [1.54, 1.807) is 14.0 Å². The van der Waals surface area contributed by atoms with Crippen molar-refractivity contribution < 1.29 is 14.3 Å². The quantitative estimate of drug-likeness (QED) is 0.881. The molecule has 0 aliphatic carbocycles. The smallest absolute Gasteiger partial charge is 0.321 e. The van der Waals surface area contributed by atoms with Crippen LogP contribution in [0.15, 0.2) is 36.4 Å². The lowest BCUT2D eigenvalue weighted by molar-refractivity contribution is -0.124. The molecule has 0 bridgehead atoms. The van der Waals surface area contributed by atoms with E-state index in [4.69, 9.17) is 4.74 Å². The molecule has 0 heterocycles. The van der Waals surface area contributed by atoms with E-state index >= 15 is 0 Å². The van der Waals surface area contributed by atoms with Gasteiger partial charge in [0.05, 0.1) is 13.2 Å². The van der Waals surface area contributed by atoms with Crippen molar-refractivity contribution in [1.29, 1.82) is 0 Å². The maximum Gasteiger partial charge on any atom is 0.321 e. The Morgan fingerprint density at radius 2 is 1.83 bits per heavy atom. The molecule has 24 heavy (non-hydrogen) atoms. The van der Waals surface area contributed by atoms with Gasteiger partial charge in [-0.25, -0.2) is 4.79 Å². The molecule has 6 nitrogen and oxygen atoms in total. The van der Waals surface area contributed by atoms with Crippen molar-refractivity contribution in [3.8, 4) is 5.75 Å². The molecule has 0 radical (unpaired) electrons. The van der Waals surface area contributed by atoms with Gasteiger partial charge in [-0.2, -0.15) is 0 Å². The molecule has 2 aromatic carbocycles.